The number of aryl methyl sites for hydroxylation is 1. The molecule has 3 rings (SSSR count). The number of hydrogen-bond donors (Lipinski definition) is 1. The Hall–Kier alpha value is -1.07. The summed E-state index contributed by atoms with van der Waals surface area (Å²) in [6.07, 6.45) is 6.06. The predicted molar refractivity (Wildman–Crippen MR) is 77.1 cm³/mol. The van der Waals surface area contributed by atoms with Crippen molar-refractivity contribution in [1.29, 1.82) is 0 Å². The third kappa shape index (κ3) is 2.12. The largest absolute Gasteiger partial charge is 0.342 e. The van der Waals surface area contributed by atoms with Crippen molar-refractivity contribution in [3.05, 3.63) is 38.8 Å². The molecule has 2 aromatic heterocycles. The molecule has 1 fully saturated rings. The average molecular weight is 322 g/mol. The highest BCUT2D eigenvalue weighted by molar-refractivity contribution is 9.10. The van der Waals surface area contributed by atoms with Gasteiger partial charge in [-0.15, -0.1) is 0 Å². The monoisotopic (exact) mass is 321 g/mol. The minimum Gasteiger partial charge on any atom is -0.342 e. The van der Waals surface area contributed by atoms with E-state index in [1.807, 2.05) is 12.3 Å². The molecule has 5 heteroatoms. The number of halogens is 1. The molecule has 1 aliphatic rings. The summed E-state index contributed by atoms with van der Waals surface area (Å²) in [7, 11) is 0. The van der Waals surface area contributed by atoms with Gasteiger partial charge in [-0.3, -0.25) is 4.98 Å². The van der Waals surface area contributed by atoms with Gasteiger partial charge in [-0.1, -0.05) is 12.2 Å². The van der Waals surface area contributed by atoms with Crippen LogP contribution in [0.1, 0.15) is 30.0 Å². The lowest BCUT2D eigenvalue weighted by molar-refractivity contribution is 0.970. The Kier molecular flexibility index (Phi) is 3.03. The first-order valence-electron chi connectivity index (χ1n) is 5.87. The molecule has 0 aromatic carbocycles. The maximum absolute atomic E-state index is 5.32. The van der Waals surface area contributed by atoms with Gasteiger partial charge in [-0.2, -0.15) is 0 Å². The molecule has 0 radical (unpaired) electrons. The Labute approximate surface area is 119 Å². The molecule has 3 nitrogen and oxygen atoms in total. The fourth-order valence-electron chi connectivity index (χ4n) is 1.97. The summed E-state index contributed by atoms with van der Waals surface area (Å²) in [6.45, 7) is 2.05. The van der Waals surface area contributed by atoms with E-state index in [2.05, 4.69) is 37.8 Å². The fraction of sp³-hybridized carbons (Fsp3) is 0.308. The van der Waals surface area contributed by atoms with E-state index in [0.29, 0.717) is 10.6 Å². The minimum absolute atomic E-state index is 0.597. The molecule has 1 saturated carbocycles. The van der Waals surface area contributed by atoms with E-state index in [0.717, 1.165) is 21.4 Å². The summed E-state index contributed by atoms with van der Waals surface area (Å²) >= 11 is 8.85. The van der Waals surface area contributed by atoms with Crippen LogP contribution >= 0.6 is 28.1 Å². The van der Waals surface area contributed by atoms with E-state index in [9.17, 15) is 0 Å². The van der Waals surface area contributed by atoms with Gasteiger partial charge < -0.3 is 4.98 Å². The summed E-state index contributed by atoms with van der Waals surface area (Å²) < 4.78 is 1.55. The van der Waals surface area contributed by atoms with E-state index in [1.54, 1.807) is 6.20 Å². The normalized spacial score (nSPS) is 14.8. The van der Waals surface area contributed by atoms with Gasteiger partial charge >= 0.3 is 0 Å². The van der Waals surface area contributed by atoms with Gasteiger partial charge in [0.15, 0.2) is 0 Å². The van der Waals surface area contributed by atoms with E-state index in [1.165, 1.54) is 18.5 Å². The fourth-order valence-corrected chi connectivity index (χ4v) is 2.68. The zero-order valence-electron chi connectivity index (χ0n) is 9.90. The first-order valence-corrected chi connectivity index (χ1v) is 7.07. The summed E-state index contributed by atoms with van der Waals surface area (Å²) in [4.78, 5) is 12.0. The second kappa shape index (κ2) is 4.55. The molecule has 2 aromatic rings. The number of aromatic amines is 1. The minimum atomic E-state index is 0.597. The number of nitrogens with zero attached hydrogens (tertiary/aromatic N) is 2. The lowest BCUT2D eigenvalue weighted by atomic mass is 10.1. The molecule has 0 saturated heterocycles. The Balaban J connectivity index is 2.19. The maximum Gasteiger partial charge on any atom is 0.144 e. The first kappa shape index (κ1) is 12.0. The lowest BCUT2D eigenvalue weighted by Gasteiger charge is -2.09. The number of aromatic nitrogens is 3. The van der Waals surface area contributed by atoms with Crippen molar-refractivity contribution in [3.63, 3.8) is 0 Å². The summed E-state index contributed by atoms with van der Waals surface area (Å²) in [5, 5.41) is 0. The third-order valence-electron chi connectivity index (χ3n) is 3.17. The molecule has 0 bridgehead atoms. The molecule has 1 aliphatic carbocycles. The van der Waals surface area contributed by atoms with Crippen LogP contribution in [-0.2, 0) is 0 Å². The summed E-state index contributed by atoms with van der Waals surface area (Å²) in [5.74, 6) is 1.41. The van der Waals surface area contributed by atoms with E-state index in [4.69, 9.17) is 12.2 Å². The lowest BCUT2D eigenvalue weighted by Crippen LogP contribution is -1.98. The smallest absolute Gasteiger partial charge is 0.144 e. The number of H-pyrrole nitrogens is 1. The number of hydrogen-bond acceptors (Lipinski definition) is 3. The molecule has 1 N–H and O–H groups in total. The zero-order chi connectivity index (χ0) is 12.7. The molecule has 92 valence electrons. The van der Waals surface area contributed by atoms with Crippen LogP contribution in [0.5, 0.6) is 0 Å². The highest BCUT2D eigenvalue weighted by atomic mass is 79.9. The molecule has 18 heavy (non-hydrogen) atoms. The van der Waals surface area contributed by atoms with Crippen LogP contribution in [0.4, 0.5) is 0 Å². The third-order valence-corrected chi connectivity index (χ3v) is 4.53. The van der Waals surface area contributed by atoms with Crippen LogP contribution in [0.2, 0.25) is 0 Å². The highest BCUT2D eigenvalue weighted by Crippen LogP contribution is 2.42. The van der Waals surface area contributed by atoms with Crippen molar-refractivity contribution in [1.82, 2.24) is 15.0 Å². The van der Waals surface area contributed by atoms with E-state index >= 15 is 0 Å². The molecule has 2 heterocycles. The molecular formula is C13H12BrN3S. The molecule has 0 amide bonds. The summed E-state index contributed by atoms with van der Waals surface area (Å²) in [5.41, 5.74) is 3.33. The van der Waals surface area contributed by atoms with Crippen molar-refractivity contribution >= 4 is 28.1 Å². The Morgan fingerprint density at radius 1 is 1.44 bits per heavy atom. The van der Waals surface area contributed by atoms with Crippen LogP contribution in [0.25, 0.3) is 11.4 Å². The molecule has 0 spiro atoms. The van der Waals surface area contributed by atoms with Crippen LogP contribution in [0, 0.1) is 11.6 Å². The van der Waals surface area contributed by atoms with Gasteiger partial charge in [0, 0.05) is 29.6 Å². The Morgan fingerprint density at radius 2 is 2.22 bits per heavy atom. The van der Waals surface area contributed by atoms with Crippen molar-refractivity contribution in [2.75, 3.05) is 0 Å². The zero-order valence-corrected chi connectivity index (χ0v) is 12.3. The number of nitrogens with one attached hydrogen (secondary N) is 1. The second-order valence-electron chi connectivity index (χ2n) is 4.58. The maximum atomic E-state index is 5.32. The van der Waals surface area contributed by atoms with Crippen LogP contribution in [-0.4, -0.2) is 15.0 Å². The quantitative estimate of drug-likeness (QED) is 0.845. The molecular weight excluding hydrogens is 310 g/mol. The average Bonchev–Trinajstić information content (AvgIpc) is 3.17. The Morgan fingerprint density at radius 3 is 2.89 bits per heavy atom. The molecule has 0 aliphatic heterocycles. The first-order chi connectivity index (χ1) is 8.66. The number of pyridine rings is 1. The van der Waals surface area contributed by atoms with E-state index < -0.39 is 0 Å². The molecule has 0 atom stereocenters. The number of rotatable bonds is 2. The van der Waals surface area contributed by atoms with Gasteiger partial charge in [0.05, 0.1) is 4.47 Å². The van der Waals surface area contributed by atoms with Crippen LogP contribution in [0.3, 0.4) is 0 Å². The van der Waals surface area contributed by atoms with Gasteiger partial charge in [-0.05, 0) is 47.3 Å². The standard InChI is InChI=1S/C13H12BrN3S/c1-7-4-5-15-6-9(7)12-16-11(8-2-3-8)10(14)13(18)17-12/h4-6,8H,2-3H2,1H3,(H,16,17,18). The predicted octanol–water partition coefficient (Wildman–Crippen LogP) is 4.15. The van der Waals surface area contributed by atoms with Crippen molar-refractivity contribution in [3.8, 4) is 11.4 Å². The topological polar surface area (TPSA) is 41.6 Å². The van der Waals surface area contributed by atoms with E-state index in [-0.39, 0.29) is 0 Å². The van der Waals surface area contributed by atoms with Crippen molar-refractivity contribution in [2.45, 2.75) is 25.7 Å². The van der Waals surface area contributed by atoms with Gasteiger partial charge in [0.1, 0.15) is 10.5 Å². The SMILES string of the molecule is Cc1ccncc1-c1nc(=S)c(Br)c(C2CC2)[nH]1. The van der Waals surface area contributed by atoms with Gasteiger partial charge in [0.25, 0.3) is 0 Å². The van der Waals surface area contributed by atoms with Crippen molar-refractivity contribution in [2.24, 2.45) is 0 Å². The Bertz CT molecular complexity index is 662. The molecule has 0 unspecified atom stereocenters. The summed E-state index contributed by atoms with van der Waals surface area (Å²) in [6, 6.07) is 1.98. The van der Waals surface area contributed by atoms with Crippen LogP contribution < -0.4 is 0 Å². The van der Waals surface area contributed by atoms with Crippen LogP contribution in [0.15, 0.2) is 22.9 Å². The van der Waals surface area contributed by atoms with Gasteiger partial charge in [0.2, 0.25) is 0 Å². The van der Waals surface area contributed by atoms with Crippen molar-refractivity contribution < 1.29 is 0 Å². The highest BCUT2D eigenvalue weighted by Gasteiger charge is 2.27. The van der Waals surface area contributed by atoms with Gasteiger partial charge in [-0.25, -0.2) is 4.98 Å². The second-order valence-corrected chi connectivity index (χ2v) is 5.76.